The minimum absolute atomic E-state index is 0.914. The van der Waals surface area contributed by atoms with Crippen LogP contribution in [0.5, 0.6) is 0 Å². The van der Waals surface area contributed by atoms with Crippen LogP contribution in [-0.4, -0.2) is 0 Å². The smallest absolute Gasteiger partial charge is 0.135 e. The first-order chi connectivity index (χ1) is 23.3. The van der Waals surface area contributed by atoms with Crippen LogP contribution in [0, 0.1) is 0 Å². The summed E-state index contributed by atoms with van der Waals surface area (Å²) in [4.78, 5) is 0. The lowest BCUT2D eigenvalue weighted by Crippen LogP contribution is -1.92. The second kappa shape index (κ2) is 10.2. The van der Waals surface area contributed by atoms with Gasteiger partial charge in [-0.05, 0) is 94.7 Å². The molecule has 47 heavy (non-hydrogen) atoms. The number of furan rings is 1. The number of rotatable bonds is 3. The number of hydrogen-bond donors (Lipinski definition) is 0. The fourth-order valence-electron chi connectivity index (χ4n) is 7.73. The van der Waals surface area contributed by atoms with Crippen LogP contribution in [0.1, 0.15) is 0 Å². The molecule has 0 saturated carbocycles. The monoisotopic (exact) mass is 596 g/mol. The summed E-state index contributed by atoms with van der Waals surface area (Å²) in [6, 6.07) is 61.7. The Bertz CT molecular complexity index is 2830. The van der Waals surface area contributed by atoms with Crippen LogP contribution in [0.3, 0.4) is 0 Å². The highest BCUT2D eigenvalue weighted by Gasteiger charge is 2.20. The second-order valence-electron chi connectivity index (χ2n) is 12.4. The van der Waals surface area contributed by atoms with E-state index in [2.05, 4.69) is 158 Å². The minimum Gasteiger partial charge on any atom is -0.456 e. The van der Waals surface area contributed by atoms with E-state index >= 15 is 0 Å². The van der Waals surface area contributed by atoms with Gasteiger partial charge in [0.15, 0.2) is 0 Å². The van der Waals surface area contributed by atoms with Crippen LogP contribution in [0.4, 0.5) is 0 Å². The lowest BCUT2D eigenvalue weighted by Gasteiger charge is -2.19. The van der Waals surface area contributed by atoms with Crippen molar-refractivity contribution in [3.63, 3.8) is 0 Å². The van der Waals surface area contributed by atoms with Gasteiger partial charge in [-0.15, -0.1) is 0 Å². The highest BCUT2D eigenvalue weighted by Crippen LogP contribution is 2.47. The van der Waals surface area contributed by atoms with Crippen LogP contribution >= 0.6 is 0 Å². The first-order valence-corrected chi connectivity index (χ1v) is 16.2. The van der Waals surface area contributed by atoms with Gasteiger partial charge in [0.05, 0.1) is 0 Å². The van der Waals surface area contributed by atoms with E-state index < -0.39 is 0 Å². The molecule has 1 heteroatoms. The Balaban J connectivity index is 1.27. The lowest BCUT2D eigenvalue weighted by atomic mass is 9.83. The van der Waals surface area contributed by atoms with Crippen molar-refractivity contribution >= 4 is 65.0 Å². The Morgan fingerprint density at radius 3 is 1.68 bits per heavy atom. The fourth-order valence-corrected chi connectivity index (χ4v) is 7.73. The Labute approximate surface area is 271 Å². The molecule has 0 atom stereocenters. The zero-order valence-electron chi connectivity index (χ0n) is 25.6. The molecule has 1 nitrogen and oxygen atoms in total. The van der Waals surface area contributed by atoms with Crippen LogP contribution in [0.2, 0.25) is 0 Å². The molecular weight excluding hydrogens is 569 g/mol. The Morgan fingerprint density at radius 1 is 0.298 bits per heavy atom. The molecule has 0 amide bonds. The molecular formula is C46H28O. The first kappa shape index (κ1) is 26.1. The summed E-state index contributed by atoms with van der Waals surface area (Å²) in [6.07, 6.45) is 0. The summed E-state index contributed by atoms with van der Waals surface area (Å²) in [5.41, 5.74) is 9.25. The van der Waals surface area contributed by atoms with Crippen molar-refractivity contribution in [1.82, 2.24) is 0 Å². The highest BCUT2D eigenvalue weighted by atomic mass is 16.3. The quantitative estimate of drug-likeness (QED) is 0.146. The van der Waals surface area contributed by atoms with E-state index in [-0.39, 0.29) is 0 Å². The van der Waals surface area contributed by atoms with Gasteiger partial charge in [-0.25, -0.2) is 0 Å². The summed E-state index contributed by atoms with van der Waals surface area (Å²) in [7, 11) is 0. The molecule has 0 N–H and O–H groups in total. The van der Waals surface area contributed by atoms with Crippen LogP contribution in [0.25, 0.3) is 98.4 Å². The molecule has 0 aliphatic carbocycles. The van der Waals surface area contributed by atoms with Gasteiger partial charge in [-0.2, -0.15) is 0 Å². The summed E-state index contributed by atoms with van der Waals surface area (Å²) in [5.74, 6) is 0. The van der Waals surface area contributed by atoms with Gasteiger partial charge in [-0.1, -0.05) is 152 Å². The maximum Gasteiger partial charge on any atom is 0.135 e. The van der Waals surface area contributed by atoms with Gasteiger partial charge >= 0.3 is 0 Å². The van der Waals surface area contributed by atoms with Gasteiger partial charge in [0.25, 0.3) is 0 Å². The topological polar surface area (TPSA) is 13.1 Å². The summed E-state index contributed by atoms with van der Waals surface area (Å²) in [5, 5.41) is 12.4. The zero-order chi connectivity index (χ0) is 30.9. The van der Waals surface area contributed by atoms with Crippen LogP contribution < -0.4 is 0 Å². The number of fused-ring (bicyclic) bond motifs is 8. The van der Waals surface area contributed by atoms with E-state index in [0.717, 1.165) is 21.9 Å². The molecule has 0 aliphatic heterocycles. The number of benzene rings is 9. The van der Waals surface area contributed by atoms with E-state index in [1.165, 1.54) is 76.5 Å². The largest absolute Gasteiger partial charge is 0.456 e. The fraction of sp³-hybridized carbons (Fsp3) is 0. The van der Waals surface area contributed by atoms with Crippen molar-refractivity contribution < 1.29 is 4.42 Å². The average Bonchev–Trinajstić information content (AvgIpc) is 3.51. The molecule has 9 aromatic carbocycles. The summed E-state index contributed by atoms with van der Waals surface area (Å²) in [6.45, 7) is 0. The van der Waals surface area contributed by atoms with Crippen molar-refractivity contribution in [3.05, 3.63) is 170 Å². The van der Waals surface area contributed by atoms with Crippen molar-refractivity contribution in [2.45, 2.75) is 0 Å². The van der Waals surface area contributed by atoms with Gasteiger partial charge in [0.1, 0.15) is 11.2 Å². The summed E-state index contributed by atoms with van der Waals surface area (Å²) < 4.78 is 6.22. The molecule has 0 radical (unpaired) electrons. The van der Waals surface area contributed by atoms with Crippen molar-refractivity contribution in [2.75, 3.05) is 0 Å². The molecule has 0 fully saturated rings. The van der Waals surface area contributed by atoms with E-state index in [9.17, 15) is 0 Å². The van der Waals surface area contributed by atoms with Gasteiger partial charge in [0, 0.05) is 10.8 Å². The molecule has 0 aliphatic rings. The van der Waals surface area contributed by atoms with E-state index in [4.69, 9.17) is 4.42 Å². The van der Waals surface area contributed by atoms with Crippen molar-refractivity contribution in [2.24, 2.45) is 0 Å². The zero-order valence-corrected chi connectivity index (χ0v) is 25.6. The third kappa shape index (κ3) is 3.97. The summed E-state index contributed by atoms with van der Waals surface area (Å²) >= 11 is 0. The predicted molar refractivity (Wildman–Crippen MR) is 200 cm³/mol. The minimum atomic E-state index is 0.914. The molecule has 1 aromatic heterocycles. The number of hydrogen-bond acceptors (Lipinski definition) is 1. The Kier molecular flexibility index (Phi) is 5.64. The molecule has 0 bridgehead atoms. The molecule has 0 unspecified atom stereocenters. The van der Waals surface area contributed by atoms with Gasteiger partial charge in [0.2, 0.25) is 0 Å². The molecule has 1 heterocycles. The third-order valence-corrected chi connectivity index (χ3v) is 9.85. The Morgan fingerprint density at radius 2 is 0.872 bits per heavy atom. The normalized spacial score (nSPS) is 11.8. The van der Waals surface area contributed by atoms with Gasteiger partial charge < -0.3 is 4.42 Å². The van der Waals surface area contributed by atoms with Crippen LogP contribution in [-0.2, 0) is 0 Å². The third-order valence-electron chi connectivity index (χ3n) is 9.85. The van der Waals surface area contributed by atoms with E-state index in [1.54, 1.807) is 0 Å². The molecule has 218 valence electrons. The standard InChI is InChI=1S/C46H28O/c1-3-13-34-29(10-1)12-9-18-35(34)31-20-22-32(23-21-31)45-39-17-6-5-16-38(39)44(40-26-24-30-11-2-4-14-36(30)46(40)45)33-25-27-43-41(28-33)37-15-7-8-19-42(37)47-43/h1-28H. The van der Waals surface area contributed by atoms with Crippen molar-refractivity contribution in [3.8, 4) is 33.4 Å². The van der Waals surface area contributed by atoms with E-state index in [0.29, 0.717) is 0 Å². The first-order valence-electron chi connectivity index (χ1n) is 16.2. The van der Waals surface area contributed by atoms with Crippen molar-refractivity contribution in [1.29, 1.82) is 0 Å². The average molecular weight is 597 g/mol. The van der Waals surface area contributed by atoms with Crippen LogP contribution in [0.15, 0.2) is 174 Å². The van der Waals surface area contributed by atoms with Gasteiger partial charge in [-0.3, -0.25) is 0 Å². The molecule has 10 rings (SSSR count). The Hall–Kier alpha value is -6.18. The lowest BCUT2D eigenvalue weighted by molar-refractivity contribution is 0.669. The molecule has 10 aromatic rings. The maximum absolute atomic E-state index is 6.22. The molecule has 0 spiro atoms. The SMILES string of the molecule is c1ccc2c(-c3ccc(-c4c5ccccc5c(-c5ccc6oc7ccccc7c6c5)c5ccc6ccccc6c45)cc3)cccc2c1. The molecule has 0 saturated heterocycles. The predicted octanol–water partition coefficient (Wildman–Crippen LogP) is 13.2. The second-order valence-corrected chi connectivity index (χ2v) is 12.4. The van der Waals surface area contributed by atoms with E-state index in [1.807, 2.05) is 12.1 Å². The number of para-hydroxylation sites is 1. The highest BCUT2D eigenvalue weighted by molar-refractivity contribution is 6.28. The maximum atomic E-state index is 6.22.